The van der Waals surface area contributed by atoms with Crippen LogP contribution in [0.5, 0.6) is 5.75 Å². The molecule has 248 valence electrons. The third-order valence-corrected chi connectivity index (χ3v) is 10.2. The summed E-state index contributed by atoms with van der Waals surface area (Å²) in [7, 11) is -4.24. The van der Waals surface area contributed by atoms with Gasteiger partial charge in [0.2, 0.25) is 11.8 Å². The van der Waals surface area contributed by atoms with Crippen LogP contribution in [0.25, 0.3) is 0 Å². The van der Waals surface area contributed by atoms with Crippen molar-refractivity contribution in [3.8, 4) is 5.75 Å². The van der Waals surface area contributed by atoms with Crippen molar-refractivity contribution in [2.24, 2.45) is 0 Å². The van der Waals surface area contributed by atoms with Gasteiger partial charge in [-0.05, 0) is 79.9 Å². The molecule has 0 saturated heterocycles. The average molecular weight is 697 g/mol. The molecule has 8 nitrogen and oxygen atoms in total. The number of hydrogen-bond acceptors (Lipinski definition) is 5. The van der Waals surface area contributed by atoms with Crippen LogP contribution >= 0.6 is 23.2 Å². The van der Waals surface area contributed by atoms with Crippen molar-refractivity contribution in [3.05, 3.63) is 124 Å². The van der Waals surface area contributed by atoms with Crippen LogP contribution in [0.4, 0.5) is 5.69 Å². The van der Waals surface area contributed by atoms with Crippen molar-refractivity contribution in [2.45, 2.75) is 57.1 Å². The van der Waals surface area contributed by atoms with Crippen molar-refractivity contribution in [1.82, 2.24) is 10.2 Å². The second kappa shape index (κ2) is 16.7. The number of rotatable bonds is 15. The van der Waals surface area contributed by atoms with Crippen LogP contribution in [0, 0.1) is 0 Å². The van der Waals surface area contributed by atoms with Crippen molar-refractivity contribution in [1.29, 1.82) is 0 Å². The number of nitrogens with one attached hydrogen (secondary N) is 1. The number of amides is 2. The summed E-state index contributed by atoms with van der Waals surface area (Å²) >= 11 is 12.5. The number of nitrogens with zero attached hydrogens (tertiary/aromatic N) is 2. The third kappa shape index (κ3) is 9.50. The van der Waals surface area contributed by atoms with E-state index in [4.69, 9.17) is 27.9 Å². The Morgan fingerprint density at radius 3 is 2.06 bits per heavy atom. The maximum atomic E-state index is 14.6. The molecule has 0 aromatic heterocycles. The van der Waals surface area contributed by atoms with Crippen LogP contribution in [0.3, 0.4) is 0 Å². The van der Waals surface area contributed by atoms with E-state index in [1.807, 2.05) is 51.1 Å². The number of carbonyl (C=O) groups is 2. The monoisotopic (exact) mass is 695 g/mol. The molecule has 0 heterocycles. The van der Waals surface area contributed by atoms with Gasteiger partial charge in [-0.2, -0.15) is 0 Å². The Morgan fingerprint density at radius 1 is 0.830 bits per heavy atom. The molecule has 11 heteroatoms. The lowest BCUT2D eigenvalue weighted by atomic mass is 10.0. The standard InChI is InChI=1S/C36H39Cl2N3O5S/c1-4-26(3)39-36(43)34(23-27-12-8-6-9-13-27)40(24-28-16-21-32(37)33(38)22-28)35(42)25-41(29-14-10-7-11-15-29)47(44,45)31-19-17-30(18-20-31)46-5-2/h6-22,26,34H,4-5,23-25H2,1-3H3,(H,39,43)/t26-,34-/m1/s1. The molecule has 0 radical (unpaired) electrons. The Morgan fingerprint density at radius 2 is 1.47 bits per heavy atom. The molecule has 0 spiro atoms. The number of anilines is 1. The van der Waals surface area contributed by atoms with Crippen molar-refractivity contribution in [2.75, 3.05) is 17.5 Å². The quantitative estimate of drug-likeness (QED) is 0.143. The minimum Gasteiger partial charge on any atom is -0.494 e. The van der Waals surface area contributed by atoms with Crippen LogP contribution in [0.2, 0.25) is 10.0 Å². The maximum Gasteiger partial charge on any atom is 0.264 e. The van der Waals surface area contributed by atoms with Gasteiger partial charge in [0.1, 0.15) is 18.3 Å². The molecule has 0 aliphatic rings. The number of ether oxygens (including phenoxy) is 1. The second-order valence-electron chi connectivity index (χ2n) is 11.0. The summed E-state index contributed by atoms with van der Waals surface area (Å²) in [4.78, 5) is 29.9. The van der Waals surface area contributed by atoms with Gasteiger partial charge in [0.05, 0.1) is 27.2 Å². The van der Waals surface area contributed by atoms with E-state index in [0.717, 1.165) is 9.87 Å². The lowest BCUT2D eigenvalue weighted by Crippen LogP contribution is -2.54. The summed E-state index contributed by atoms with van der Waals surface area (Å²) in [6.45, 7) is 5.53. The van der Waals surface area contributed by atoms with Crippen molar-refractivity contribution < 1.29 is 22.7 Å². The van der Waals surface area contributed by atoms with Crippen LogP contribution in [-0.2, 0) is 32.6 Å². The first-order chi connectivity index (χ1) is 22.5. The Hall–Kier alpha value is -4.05. The topological polar surface area (TPSA) is 96.0 Å². The molecule has 4 aromatic carbocycles. The number of para-hydroxylation sites is 1. The predicted octanol–water partition coefficient (Wildman–Crippen LogP) is 7.14. The summed E-state index contributed by atoms with van der Waals surface area (Å²) in [5, 5.41) is 3.67. The van der Waals surface area contributed by atoms with Crippen molar-refractivity contribution >= 4 is 50.7 Å². The van der Waals surface area contributed by atoms with E-state index < -0.39 is 28.5 Å². The van der Waals surface area contributed by atoms with Gasteiger partial charge >= 0.3 is 0 Å². The first-order valence-corrected chi connectivity index (χ1v) is 17.6. The highest BCUT2D eigenvalue weighted by atomic mass is 35.5. The Labute approximate surface area is 287 Å². The van der Waals surface area contributed by atoms with Gasteiger partial charge in [-0.25, -0.2) is 8.42 Å². The normalized spacial score (nSPS) is 12.5. The molecular weight excluding hydrogens is 657 g/mol. The van der Waals surface area contributed by atoms with Gasteiger partial charge in [0, 0.05) is 19.0 Å². The van der Waals surface area contributed by atoms with Gasteiger partial charge < -0.3 is 15.0 Å². The number of hydrogen-bond donors (Lipinski definition) is 1. The summed E-state index contributed by atoms with van der Waals surface area (Å²) < 4.78 is 34.9. The van der Waals surface area contributed by atoms with Gasteiger partial charge in [0.15, 0.2) is 0 Å². The Balaban J connectivity index is 1.79. The molecule has 1 N–H and O–H groups in total. The molecule has 0 unspecified atom stereocenters. The molecule has 0 aliphatic carbocycles. The first-order valence-electron chi connectivity index (χ1n) is 15.4. The highest BCUT2D eigenvalue weighted by Gasteiger charge is 2.35. The highest BCUT2D eigenvalue weighted by molar-refractivity contribution is 7.92. The first kappa shape index (κ1) is 35.8. The predicted molar refractivity (Wildman–Crippen MR) is 187 cm³/mol. The van der Waals surface area contributed by atoms with Gasteiger partial charge in [-0.1, -0.05) is 84.7 Å². The summed E-state index contributed by atoms with van der Waals surface area (Å²) in [6, 6.07) is 27.7. The van der Waals surface area contributed by atoms with E-state index in [1.165, 1.54) is 17.0 Å². The molecular formula is C36H39Cl2N3O5S. The molecule has 0 saturated carbocycles. The van der Waals surface area contributed by atoms with Gasteiger partial charge in [-0.3, -0.25) is 13.9 Å². The van der Waals surface area contributed by atoms with Crippen LogP contribution < -0.4 is 14.4 Å². The molecule has 47 heavy (non-hydrogen) atoms. The fourth-order valence-electron chi connectivity index (χ4n) is 4.95. The van der Waals surface area contributed by atoms with E-state index >= 15 is 0 Å². The molecule has 2 amide bonds. The lowest BCUT2D eigenvalue weighted by Gasteiger charge is -2.34. The SMILES string of the molecule is CCOc1ccc(S(=O)(=O)N(CC(=O)N(Cc2ccc(Cl)c(Cl)c2)[C@H](Cc2ccccc2)C(=O)N[C@H](C)CC)c2ccccc2)cc1. The molecule has 4 aromatic rings. The Bertz CT molecular complexity index is 1740. The summed E-state index contributed by atoms with van der Waals surface area (Å²) in [5.41, 5.74) is 1.77. The second-order valence-corrected chi connectivity index (χ2v) is 13.7. The van der Waals surface area contributed by atoms with E-state index in [0.29, 0.717) is 40.1 Å². The molecule has 0 bridgehead atoms. The minimum atomic E-state index is -4.24. The molecule has 0 aliphatic heterocycles. The van der Waals surface area contributed by atoms with Crippen LogP contribution in [0.1, 0.15) is 38.3 Å². The smallest absolute Gasteiger partial charge is 0.264 e. The third-order valence-electron chi connectivity index (χ3n) is 7.65. The van der Waals surface area contributed by atoms with Gasteiger partial charge in [0.25, 0.3) is 10.0 Å². The minimum absolute atomic E-state index is 0.0102. The van der Waals surface area contributed by atoms with E-state index in [9.17, 15) is 18.0 Å². The average Bonchev–Trinajstić information content (AvgIpc) is 3.07. The Kier molecular flexibility index (Phi) is 12.7. The molecule has 2 atom stereocenters. The zero-order valence-electron chi connectivity index (χ0n) is 26.6. The summed E-state index contributed by atoms with van der Waals surface area (Å²) in [5.74, 6) is -0.399. The molecule has 4 rings (SSSR count). The maximum absolute atomic E-state index is 14.6. The fourth-order valence-corrected chi connectivity index (χ4v) is 6.69. The number of halogens is 2. The summed E-state index contributed by atoms with van der Waals surface area (Å²) in [6.07, 6.45) is 0.889. The fraction of sp³-hybridized carbons (Fsp3) is 0.278. The van der Waals surface area contributed by atoms with E-state index in [2.05, 4.69) is 5.32 Å². The van der Waals surface area contributed by atoms with Crippen molar-refractivity contribution in [3.63, 3.8) is 0 Å². The molecule has 0 fully saturated rings. The number of carbonyl (C=O) groups excluding carboxylic acids is 2. The number of sulfonamides is 1. The largest absolute Gasteiger partial charge is 0.494 e. The number of benzene rings is 4. The lowest BCUT2D eigenvalue weighted by molar-refractivity contribution is -0.140. The van der Waals surface area contributed by atoms with Crippen LogP contribution in [-0.4, -0.2) is 50.4 Å². The zero-order valence-corrected chi connectivity index (χ0v) is 28.9. The van der Waals surface area contributed by atoms with E-state index in [1.54, 1.807) is 60.7 Å². The van der Waals surface area contributed by atoms with E-state index in [-0.39, 0.29) is 29.8 Å². The van der Waals surface area contributed by atoms with Gasteiger partial charge in [-0.15, -0.1) is 0 Å². The zero-order chi connectivity index (χ0) is 34.0. The van der Waals surface area contributed by atoms with Crippen LogP contribution in [0.15, 0.2) is 108 Å². The highest BCUT2D eigenvalue weighted by Crippen LogP contribution is 2.28.